The number of hydrogen-bond donors (Lipinski definition) is 1. The van der Waals surface area contributed by atoms with E-state index in [-0.39, 0.29) is 0 Å². The molecule has 1 aliphatic heterocycles. The van der Waals surface area contributed by atoms with Crippen LogP contribution in [0.4, 0.5) is 5.69 Å². The van der Waals surface area contributed by atoms with Crippen molar-refractivity contribution in [1.82, 2.24) is 4.90 Å². The van der Waals surface area contributed by atoms with Crippen molar-refractivity contribution in [2.45, 2.75) is 32.7 Å². The molecule has 2 heteroatoms. The number of nitrogens with one attached hydrogen (secondary N) is 1. The van der Waals surface area contributed by atoms with Crippen LogP contribution in [0.1, 0.15) is 26.7 Å². The van der Waals surface area contributed by atoms with Gasteiger partial charge in [-0.1, -0.05) is 37.3 Å². The van der Waals surface area contributed by atoms with Gasteiger partial charge in [0.15, 0.2) is 0 Å². The van der Waals surface area contributed by atoms with E-state index in [1.54, 1.807) is 0 Å². The van der Waals surface area contributed by atoms with Gasteiger partial charge in [-0.25, -0.2) is 0 Å². The highest BCUT2D eigenvalue weighted by Gasteiger charge is 2.23. The first-order valence-corrected chi connectivity index (χ1v) is 8.24. The fourth-order valence-corrected chi connectivity index (χ4v) is 3.45. The summed E-state index contributed by atoms with van der Waals surface area (Å²) >= 11 is 0. The highest BCUT2D eigenvalue weighted by atomic mass is 15.1. The lowest BCUT2D eigenvalue weighted by atomic mass is 9.91. The second-order valence-corrected chi connectivity index (χ2v) is 6.29. The fourth-order valence-electron chi connectivity index (χ4n) is 3.45. The van der Waals surface area contributed by atoms with Crippen LogP contribution in [0.15, 0.2) is 42.5 Å². The maximum Gasteiger partial charge on any atom is 0.0348 e. The first kappa shape index (κ1) is 14.4. The van der Waals surface area contributed by atoms with Crippen molar-refractivity contribution < 1.29 is 0 Å². The van der Waals surface area contributed by atoms with E-state index >= 15 is 0 Å². The van der Waals surface area contributed by atoms with E-state index in [0.29, 0.717) is 6.04 Å². The zero-order valence-electron chi connectivity index (χ0n) is 13.2. The molecule has 0 radical (unpaired) electrons. The predicted octanol–water partition coefficient (Wildman–Crippen LogP) is 4.37. The summed E-state index contributed by atoms with van der Waals surface area (Å²) in [4.78, 5) is 2.58. The zero-order valence-corrected chi connectivity index (χ0v) is 13.2. The number of nitrogens with zero attached hydrogens (tertiary/aromatic N) is 1. The van der Waals surface area contributed by atoms with Gasteiger partial charge in [0.2, 0.25) is 0 Å². The molecule has 1 N–H and O–H groups in total. The number of piperidine rings is 1. The largest absolute Gasteiger partial charge is 0.382 e. The van der Waals surface area contributed by atoms with Crippen molar-refractivity contribution in [3.63, 3.8) is 0 Å². The van der Waals surface area contributed by atoms with Crippen molar-refractivity contribution in [2.24, 2.45) is 5.92 Å². The van der Waals surface area contributed by atoms with Crippen LogP contribution in [-0.4, -0.2) is 30.6 Å². The summed E-state index contributed by atoms with van der Waals surface area (Å²) in [5.41, 5.74) is 1.25. The Bertz CT molecular complexity index is 593. The highest BCUT2D eigenvalue weighted by molar-refractivity contribution is 5.85. The van der Waals surface area contributed by atoms with Crippen LogP contribution in [0, 0.1) is 5.92 Å². The van der Waals surface area contributed by atoms with Crippen LogP contribution in [0.25, 0.3) is 10.8 Å². The molecule has 21 heavy (non-hydrogen) atoms. The van der Waals surface area contributed by atoms with E-state index in [1.807, 2.05) is 0 Å². The molecule has 112 valence electrons. The number of hydrogen-bond acceptors (Lipinski definition) is 2. The quantitative estimate of drug-likeness (QED) is 0.895. The molecule has 1 aliphatic rings. The average molecular weight is 282 g/mol. The third-order valence-corrected chi connectivity index (χ3v) is 4.84. The maximum absolute atomic E-state index is 3.72. The van der Waals surface area contributed by atoms with E-state index in [9.17, 15) is 0 Å². The number of anilines is 1. The van der Waals surface area contributed by atoms with Crippen molar-refractivity contribution in [1.29, 1.82) is 0 Å². The maximum atomic E-state index is 3.72. The second-order valence-electron chi connectivity index (χ2n) is 6.29. The lowest BCUT2D eigenvalue weighted by molar-refractivity contribution is 0.172. The minimum atomic E-state index is 0.528. The van der Waals surface area contributed by atoms with Gasteiger partial charge in [-0.05, 0) is 61.7 Å². The standard InChI is InChI=1S/C19H26N2/c1-3-21-12-6-9-18(14-21)15(2)20-19-11-10-16-7-4-5-8-17(16)13-19/h4-5,7-8,10-11,13,15,18,20H,3,6,9,12,14H2,1-2H3. The van der Waals surface area contributed by atoms with Gasteiger partial charge in [-0.15, -0.1) is 0 Å². The second kappa shape index (κ2) is 6.48. The van der Waals surface area contributed by atoms with Crippen molar-refractivity contribution >= 4 is 16.5 Å². The van der Waals surface area contributed by atoms with E-state index < -0.39 is 0 Å². The molecule has 0 saturated carbocycles. The molecule has 0 aliphatic carbocycles. The van der Waals surface area contributed by atoms with Gasteiger partial charge in [0, 0.05) is 18.3 Å². The van der Waals surface area contributed by atoms with Gasteiger partial charge >= 0.3 is 0 Å². The molecular weight excluding hydrogens is 256 g/mol. The Morgan fingerprint density at radius 3 is 2.81 bits per heavy atom. The van der Waals surface area contributed by atoms with Crippen molar-refractivity contribution in [3.8, 4) is 0 Å². The summed E-state index contributed by atoms with van der Waals surface area (Å²) in [5.74, 6) is 0.755. The predicted molar refractivity (Wildman–Crippen MR) is 91.9 cm³/mol. The molecule has 2 aromatic rings. The number of benzene rings is 2. The minimum absolute atomic E-state index is 0.528. The Morgan fingerprint density at radius 1 is 1.19 bits per heavy atom. The Labute approximate surface area is 128 Å². The topological polar surface area (TPSA) is 15.3 Å². The molecule has 1 heterocycles. The normalized spacial score (nSPS) is 21.3. The minimum Gasteiger partial charge on any atom is -0.382 e. The SMILES string of the molecule is CCN1CCCC(C(C)Nc2ccc3ccccc3c2)C1. The Morgan fingerprint density at radius 2 is 2.00 bits per heavy atom. The summed E-state index contributed by atoms with van der Waals surface area (Å²) in [6.07, 6.45) is 2.68. The van der Waals surface area contributed by atoms with Crippen LogP contribution < -0.4 is 5.32 Å². The van der Waals surface area contributed by atoms with E-state index in [1.165, 1.54) is 48.9 Å². The molecule has 2 unspecified atom stereocenters. The number of likely N-dealkylation sites (tertiary alicyclic amines) is 1. The summed E-state index contributed by atoms with van der Waals surface area (Å²) in [5, 5.41) is 6.35. The molecule has 2 atom stereocenters. The lowest BCUT2D eigenvalue weighted by Crippen LogP contribution is -2.41. The lowest BCUT2D eigenvalue weighted by Gasteiger charge is -2.35. The first-order chi connectivity index (χ1) is 10.3. The third-order valence-electron chi connectivity index (χ3n) is 4.84. The summed E-state index contributed by atoms with van der Waals surface area (Å²) in [6.45, 7) is 8.29. The Hall–Kier alpha value is -1.54. The van der Waals surface area contributed by atoms with Crippen LogP contribution in [0.5, 0.6) is 0 Å². The van der Waals surface area contributed by atoms with Crippen LogP contribution in [-0.2, 0) is 0 Å². The van der Waals surface area contributed by atoms with E-state index in [2.05, 4.69) is 66.5 Å². The molecule has 2 aromatic carbocycles. The van der Waals surface area contributed by atoms with Crippen molar-refractivity contribution in [3.05, 3.63) is 42.5 Å². The third kappa shape index (κ3) is 3.38. The smallest absolute Gasteiger partial charge is 0.0348 e. The van der Waals surface area contributed by atoms with E-state index in [0.717, 1.165) is 5.92 Å². The Balaban J connectivity index is 1.69. The fraction of sp³-hybridized carbons (Fsp3) is 0.474. The Kier molecular flexibility index (Phi) is 4.45. The highest BCUT2D eigenvalue weighted by Crippen LogP contribution is 2.24. The molecule has 0 spiro atoms. The molecular formula is C19H26N2. The van der Waals surface area contributed by atoms with Gasteiger partial charge in [-0.3, -0.25) is 0 Å². The molecule has 1 saturated heterocycles. The summed E-state index contributed by atoms with van der Waals surface area (Å²) < 4.78 is 0. The van der Waals surface area contributed by atoms with E-state index in [4.69, 9.17) is 0 Å². The number of fused-ring (bicyclic) bond motifs is 1. The van der Waals surface area contributed by atoms with Gasteiger partial charge in [0.05, 0.1) is 0 Å². The van der Waals surface area contributed by atoms with Gasteiger partial charge in [0.1, 0.15) is 0 Å². The first-order valence-electron chi connectivity index (χ1n) is 8.24. The molecule has 0 aromatic heterocycles. The summed E-state index contributed by atoms with van der Waals surface area (Å²) in [7, 11) is 0. The van der Waals surface area contributed by atoms with Crippen LogP contribution >= 0.6 is 0 Å². The van der Waals surface area contributed by atoms with Gasteiger partial charge < -0.3 is 10.2 Å². The molecule has 1 fully saturated rings. The molecule has 0 bridgehead atoms. The number of rotatable bonds is 4. The molecule has 3 rings (SSSR count). The average Bonchev–Trinajstić information content (AvgIpc) is 2.54. The monoisotopic (exact) mass is 282 g/mol. The summed E-state index contributed by atoms with van der Waals surface area (Å²) in [6, 6.07) is 15.8. The van der Waals surface area contributed by atoms with Crippen LogP contribution in [0.3, 0.4) is 0 Å². The van der Waals surface area contributed by atoms with Gasteiger partial charge in [0.25, 0.3) is 0 Å². The molecule has 2 nitrogen and oxygen atoms in total. The van der Waals surface area contributed by atoms with Crippen LogP contribution in [0.2, 0.25) is 0 Å². The van der Waals surface area contributed by atoms with Gasteiger partial charge in [-0.2, -0.15) is 0 Å². The zero-order chi connectivity index (χ0) is 14.7. The van der Waals surface area contributed by atoms with Crippen molar-refractivity contribution in [2.75, 3.05) is 25.0 Å². The molecule has 0 amide bonds.